The molecule has 5 nitrogen and oxygen atoms in total. The van der Waals surface area contributed by atoms with Gasteiger partial charge >= 0.3 is 0 Å². The normalized spacial score (nSPS) is 10.4. The maximum Gasteiger partial charge on any atom is 0.158 e. The maximum atomic E-state index is 5.09. The maximum absolute atomic E-state index is 5.09. The van der Waals surface area contributed by atoms with Gasteiger partial charge in [0.05, 0.1) is 0 Å². The summed E-state index contributed by atoms with van der Waals surface area (Å²) in [4.78, 5) is 8.76. The van der Waals surface area contributed by atoms with Gasteiger partial charge in [-0.25, -0.2) is 9.97 Å². The van der Waals surface area contributed by atoms with Crippen LogP contribution in [0.4, 0.5) is 17.3 Å². The third-order valence-corrected chi connectivity index (χ3v) is 3.08. The average Bonchev–Trinajstić information content (AvgIpc) is 2.43. The van der Waals surface area contributed by atoms with Gasteiger partial charge in [0.25, 0.3) is 0 Å². The van der Waals surface area contributed by atoms with Gasteiger partial charge in [-0.2, -0.15) is 0 Å². The molecule has 106 valence electrons. The highest BCUT2D eigenvalue weighted by atomic mass is 16.5. The third kappa shape index (κ3) is 3.45. The van der Waals surface area contributed by atoms with Crippen LogP contribution in [-0.4, -0.2) is 24.1 Å². The van der Waals surface area contributed by atoms with Crippen LogP contribution < -0.4 is 10.6 Å². The minimum absolute atomic E-state index is 0.386. The monoisotopic (exact) mass is 272 g/mol. The molecule has 20 heavy (non-hydrogen) atoms. The molecule has 0 saturated heterocycles. The quantitative estimate of drug-likeness (QED) is 0.876. The molecule has 1 aromatic heterocycles. The molecule has 5 heteroatoms. The van der Waals surface area contributed by atoms with Gasteiger partial charge < -0.3 is 15.4 Å². The SMILES string of the molecule is CNc1cc(Nc2ccc(C)c(C)c2)nc(COC)n1. The van der Waals surface area contributed by atoms with Crippen LogP contribution >= 0.6 is 0 Å². The van der Waals surface area contributed by atoms with Gasteiger partial charge in [-0.1, -0.05) is 6.07 Å². The highest BCUT2D eigenvalue weighted by molar-refractivity contribution is 5.60. The zero-order valence-electron chi connectivity index (χ0n) is 12.3. The molecule has 2 N–H and O–H groups in total. The number of ether oxygens (including phenoxy) is 1. The Bertz CT molecular complexity index is 598. The largest absolute Gasteiger partial charge is 0.377 e. The molecular weight excluding hydrogens is 252 g/mol. The fourth-order valence-electron chi connectivity index (χ4n) is 1.85. The highest BCUT2D eigenvalue weighted by Gasteiger charge is 2.05. The zero-order chi connectivity index (χ0) is 14.5. The van der Waals surface area contributed by atoms with E-state index in [4.69, 9.17) is 4.74 Å². The molecule has 0 aliphatic heterocycles. The molecule has 0 amide bonds. The van der Waals surface area contributed by atoms with Crippen molar-refractivity contribution in [2.24, 2.45) is 0 Å². The molecule has 0 unspecified atom stereocenters. The van der Waals surface area contributed by atoms with E-state index in [0.717, 1.165) is 17.3 Å². The smallest absolute Gasteiger partial charge is 0.158 e. The molecule has 0 aliphatic rings. The van der Waals surface area contributed by atoms with E-state index in [1.165, 1.54) is 11.1 Å². The Kier molecular flexibility index (Phi) is 4.53. The number of hydrogen-bond acceptors (Lipinski definition) is 5. The predicted octanol–water partition coefficient (Wildman–Crippen LogP) is 3.03. The van der Waals surface area contributed by atoms with Crippen molar-refractivity contribution in [2.45, 2.75) is 20.5 Å². The molecule has 0 bridgehead atoms. The fraction of sp³-hybridized carbons (Fsp3) is 0.333. The van der Waals surface area contributed by atoms with E-state index < -0.39 is 0 Å². The van der Waals surface area contributed by atoms with Crippen LogP contribution in [0.1, 0.15) is 17.0 Å². The summed E-state index contributed by atoms with van der Waals surface area (Å²) in [6.07, 6.45) is 0. The van der Waals surface area contributed by atoms with E-state index in [9.17, 15) is 0 Å². The Hall–Kier alpha value is -2.14. The van der Waals surface area contributed by atoms with Crippen LogP contribution in [0.2, 0.25) is 0 Å². The molecular formula is C15H20N4O. The summed E-state index contributed by atoms with van der Waals surface area (Å²) in [5, 5.41) is 6.32. The first-order valence-electron chi connectivity index (χ1n) is 6.51. The molecule has 0 saturated carbocycles. The summed E-state index contributed by atoms with van der Waals surface area (Å²) in [7, 11) is 3.46. The van der Waals surface area contributed by atoms with Gasteiger partial charge in [-0.3, -0.25) is 0 Å². The van der Waals surface area contributed by atoms with Gasteiger partial charge in [0.2, 0.25) is 0 Å². The number of methoxy groups -OCH3 is 1. The van der Waals surface area contributed by atoms with E-state index in [2.05, 4.69) is 46.6 Å². The van der Waals surface area contributed by atoms with Gasteiger partial charge in [0.1, 0.15) is 18.2 Å². The summed E-state index contributed by atoms with van der Waals surface area (Å²) < 4.78 is 5.09. The Morgan fingerprint density at radius 3 is 2.45 bits per heavy atom. The number of nitrogens with zero attached hydrogens (tertiary/aromatic N) is 2. The molecule has 0 fully saturated rings. The Balaban J connectivity index is 2.27. The molecule has 1 aromatic carbocycles. The lowest BCUT2D eigenvalue weighted by Crippen LogP contribution is -2.04. The number of nitrogens with one attached hydrogen (secondary N) is 2. The van der Waals surface area contributed by atoms with Gasteiger partial charge in [-0.15, -0.1) is 0 Å². The van der Waals surface area contributed by atoms with Crippen LogP contribution in [0, 0.1) is 13.8 Å². The van der Waals surface area contributed by atoms with Crippen molar-refractivity contribution >= 4 is 17.3 Å². The minimum Gasteiger partial charge on any atom is -0.377 e. The van der Waals surface area contributed by atoms with E-state index in [1.807, 2.05) is 19.2 Å². The van der Waals surface area contributed by atoms with E-state index in [1.54, 1.807) is 7.11 Å². The van der Waals surface area contributed by atoms with Crippen molar-refractivity contribution in [3.05, 3.63) is 41.2 Å². The number of hydrogen-bond donors (Lipinski definition) is 2. The van der Waals surface area contributed by atoms with Crippen molar-refractivity contribution < 1.29 is 4.74 Å². The summed E-state index contributed by atoms with van der Waals surface area (Å²) >= 11 is 0. The first-order chi connectivity index (χ1) is 9.62. The van der Waals surface area contributed by atoms with Crippen LogP contribution in [0.25, 0.3) is 0 Å². The number of aromatic nitrogens is 2. The number of aryl methyl sites for hydroxylation is 2. The molecule has 0 radical (unpaired) electrons. The first kappa shape index (κ1) is 14.3. The molecule has 2 aromatic rings. The second kappa shape index (κ2) is 6.34. The minimum atomic E-state index is 0.386. The second-order valence-corrected chi connectivity index (χ2v) is 4.66. The predicted molar refractivity (Wildman–Crippen MR) is 81.5 cm³/mol. The summed E-state index contributed by atoms with van der Waals surface area (Å²) in [6.45, 7) is 4.58. The number of benzene rings is 1. The van der Waals surface area contributed by atoms with Crippen molar-refractivity contribution in [2.75, 3.05) is 24.8 Å². The van der Waals surface area contributed by atoms with Gasteiger partial charge in [0.15, 0.2) is 5.82 Å². The molecule has 0 spiro atoms. The Morgan fingerprint density at radius 1 is 1.05 bits per heavy atom. The van der Waals surface area contributed by atoms with Gasteiger partial charge in [-0.05, 0) is 37.1 Å². The van der Waals surface area contributed by atoms with Crippen LogP contribution in [0.5, 0.6) is 0 Å². The number of anilines is 3. The second-order valence-electron chi connectivity index (χ2n) is 4.66. The van der Waals surface area contributed by atoms with Crippen molar-refractivity contribution in [3.63, 3.8) is 0 Å². The van der Waals surface area contributed by atoms with Crippen LogP contribution in [-0.2, 0) is 11.3 Å². The lowest BCUT2D eigenvalue weighted by atomic mass is 10.1. The number of rotatable bonds is 5. The summed E-state index contributed by atoms with van der Waals surface area (Å²) in [5.74, 6) is 2.16. The molecule has 1 heterocycles. The first-order valence-corrected chi connectivity index (χ1v) is 6.51. The van der Waals surface area contributed by atoms with E-state index in [0.29, 0.717) is 12.4 Å². The van der Waals surface area contributed by atoms with E-state index >= 15 is 0 Å². The van der Waals surface area contributed by atoms with Gasteiger partial charge in [0, 0.05) is 25.9 Å². The summed E-state index contributed by atoms with van der Waals surface area (Å²) in [5.41, 5.74) is 3.53. The van der Waals surface area contributed by atoms with Crippen LogP contribution in [0.3, 0.4) is 0 Å². The lowest BCUT2D eigenvalue weighted by Gasteiger charge is -2.11. The topological polar surface area (TPSA) is 59.1 Å². The molecule has 0 aliphatic carbocycles. The zero-order valence-corrected chi connectivity index (χ0v) is 12.3. The summed E-state index contributed by atoms with van der Waals surface area (Å²) in [6, 6.07) is 8.11. The average molecular weight is 272 g/mol. The third-order valence-electron chi connectivity index (χ3n) is 3.08. The highest BCUT2D eigenvalue weighted by Crippen LogP contribution is 2.20. The van der Waals surface area contributed by atoms with E-state index in [-0.39, 0.29) is 0 Å². The van der Waals surface area contributed by atoms with Crippen molar-refractivity contribution in [1.82, 2.24) is 9.97 Å². The van der Waals surface area contributed by atoms with Crippen molar-refractivity contribution in [1.29, 1.82) is 0 Å². The van der Waals surface area contributed by atoms with Crippen molar-refractivity contribution in [3.8, 4) is 0 Å². The standard InChI is InChI=1S/C15H20N4O/c1-10-5-6-12(7-11(10)2)17-14-8-13(16-3)18-15(19-14)9-20-4/h5-8H,9H2,1-4H3,(H2,16,17,18,19). The molecule has 0 atom stereocenters. The lowest BCUT2D eigenvalue weighted by molar-refractivity contribution is 0.178. The molecule has 2 rings (SSSR count). The van der Waals surface area contributed by atoms with Crippen LogP contribution in [0.15, 0.2) is 24.3 Å². The Labute approximate surface area is 119 Å². The fourth-order valence-corrected chi connectivity index (χ4v) is 1.85. The Morgan fingerprint density at radius 2 is 1.80 bits per heavy atom.